The smallest absolute Gasteiger partial charge is 0.261 e. The van der Waals surface area contributed by atoms with Crippen molar-refractivity contribution in [3.63, 3.8) is 0 Å². The Labute approximate surface area is 122 Å². The Morgan fingerprint density at radius 2 is 0.773 bits per heavy atom. The van der Waals surface area contributed by atoms with Gasteiger partial charge in [-0.15, -0.1) is 0 Å². The molecule has 22 heavy (non-hydrogen) atoms. The number of rotatable bonds is 0. The van der Waals surface area contributed by atoms with E-state index >= 15 is 0 Å². The Bertz CT molecular complexity index is 1120. The molecule has 2 aromatic carbocycles. The van der Waals surface area contributed by atoms with Gasteiger partial charge in [0.2, 0.25) is 0 Å². The minimum atomic E-state index is -0.359. The van der Waals surface area contributed by atoms with Crippen LogP contribution in [-0.2, 0) is 14.1 Å². The summed E-state index contributed by atoms with van der Waals surface area (Å²) < 4.78 is 2.11. The maximum Gasteiger partial charge on any atom is 0.261 e. The van der Waals surface area contributed by atoms with Gasteiger partial charge in [-0.25, -0.2) is 0 Å². The number of hydrogen-bond donors (Lipinski definition) is 0. The molecular weight excluding hydrogens is 284 g/mol. The summed E-state index contributed by atoms with van der Waals surface area (Å²) in [7, 11) is 2.86. The highest BCUT2D eigenvalue weighted by molar-refractivity contribution is 6.04. The summed E-state index contributed by atoms with van der Waals surface area (Å²) in [5, 5.41) is 2.61. The average molecular weight is 294 g/mol. The molecule has 108 valence electrons. The molecule has 2 aromatic heterocycles. The van der Waals surface area contributed by atoms with Crippen LogP contribution in [0.5, 0.6) is 0 Å². The highest BCUT2D eigenvalue weighted by Gasteiger charge is 2.14. The molecule has 0 amide bonds. The molecule has 0 bridgehead atoms. The third-order valence-electron chi connectivity index (χ3n) is 4.25. The summed E-state index contributed by atoms with van der Waals surface area (Å²) in [6.07, 6.45) is 0. The third kappa shape index (κ3) is 1.34. The zero-order chi connectivity index (χ0) is 15.8. The van der Waals surface area contributed by atoms with E-state index < -0.39 is 0 Å². The molecule has 0 aliphatic carbocycles. The van der Waals surface area contributed by atoms with E-state index in [1.165, 1.54) is 14.1 Å². The van der Waals surface area contributed by atoms with Crippen molar-refractivity contribution in [2.75, 3.05) is 0 Å². The summed E-state index contributed by atoms with van der Waals surface area (Å²) in [6.45, 7) is 0. The number of nitrogens with zero attached hydrogens (tertiary/aromatic N) is 2. The highest BCUT2D eigenvalue weighted by Crippen LogP contribution is 2.22. The lowest BCUT2D eigenvalue weighted by Crippen LogP contribution is -2.21. The Kier molecular flexibility index (Phi) is 2.19. The van der Waals surface area contributed by atoms with Crippen molar-refractivity contribution in [2.24, 2.45) is 14.1 Å². The molecule has 0 saturated carbocycles. The van der Waals surface area contributed by atoms with Crippen LogP contribution in [0.2, 0.25) is 0 Å². The molecule has 4 rings (SSSR count). The number of hydrogen-bond acceptors (Lipinski definition) is 4. The molecule has 0 radical (unpaired) electrons. The monoisotopic (exact) mass is 294 g/mol. The lowest BCUT2D eigenvalue weighted by Gasteiger charge is -1.97. The molecular formula is C16H10N2O4. The first-order valence-electron chi connectivity index (χ1n) is 6.66. The topological polar surface area (TPSA) is 78.1 Å². The maximum atomic E-state index is 12.0. The first-order valence-corrected chi connectivity index (χ1v) is 6.66. The Morgan fingerprint density at radius 3 is 1.00 bits per heavy atom. The van der Waals surface area contributed by atoms with Crippen molar-refractivity contribution in [1.29, 1.82) is 0 Å². The van der Waals surface area contributed by atoms with Crippen LogP contribution in [0.1, 0.15) is 0 Å². The van der Waals surface area contributed by atoms with E-state index in [2.05, 4.69) is 0 Å². The van der Waals surface area contributed by atoms with E-state index in [0.29, 0.717) is 32.3 Å². The predicted octanol–water partition coefficient (Wildman–Crippen LogP) is 0.140. The van der Waals surface area contributed by atoms with Crippen molar-refractivity contribution < 1.29 is 0 Å². The Hall–Kier alpha value is -3.02. The molecule has 0 aliphatic rings. The van der Waals surface area contributed by atoms with Gasteiger partial charge in [-0.1, -0.05) is 0 Å². The molecule has 2 heterocycles. The summed E-state index contributed by atoms with van der Waals surface area (Å²) in [6, 6.07) is 6.41. The van der Waals surface area contributed by atoms with Crippen LogP contribution in [0.3, 0.4) is 0 Å². The second-order valence-electron chi connectivity index (χ2n) is 5.48. The van der Waals surface area contributed by atoms with Crippen LogP contribution in [0, 0.1) is 0 Å². The second-order valence-corrected chi connectivity index (χ2v) is 5.48. The minimum absolute atomic E-state index is 0.324. The molecule has 4 aromatic rings. The zero-order valence-corrected chi connectivity index (χ0v) is 11.8. The molecule has 0 fully saturated rings. The van der Waals surface area contributed by atoms with Crippen molar-refractivity contribution in [2.45, 2.75) is 0 Å². The van der Waals surface area contributed by atoms with Gasteiger partial charge in [-0.05, 0) is 35.0 Å². The Morgan fingerprint density at radius 1 is 0.545 bits per heavy atom. The Balaban J connectivity index is 2.32. The molecule has 0 unspecified atom stereocenters. The zero-order valence-electron chi connectivity index (χ0n) is 11.8. The van der Waals surface area contributed by atoms with Gasteiger partial charge < -0.3 is 0 Å². The predicted molar refractivity (Wildman–Crippen MR) is 84.4 cm³/mol. The quantitative estimate of drug-likeness (QED) is 0.462. The van der Waals surface area contributed by atoms with Crippen molar-refractivity contribution in [1.82, 2.24) is 9.13 Å². The molecule has 0 saturated heterocycles. The summed E-state index contributed by atoms with van der Waals surface area (Å²) in [5.41, 5.74) is -1.44. The van der Waals surface area contributed by atoms with Crippen LogP contribution in [0.25, 0.3) is 32.3 Å². The molecule has 0 spiro atoms. The van der Waals surface area contributed by atoms with Gasteiger partial charge in [-0.3, -0.25) is 28.3 Å². The van der Waals surface area contributed by atoms with Crippen LogP contribution in [0.15, 0.2) is 43.4 Å². The standard InChI is InChI=1S/C16H10N2O4/c1-17-13(19)9-3-7-5-11-12(16(22)18(2)15(11)21)6-8(7)4-10(9)14(17)20/h3-6H,1-2H3. The van der Waals surface area contributed by atoms with E-state index in [0.717, 1.165) is 9.13 Å². The molecule has 6 heteroatoms. The largest absolute Gasteiger partial charge is 0.277 e. The van der Waals surface area contributed by atoms with Crippen LogP contribution >= 0.6 is 0 Å². The number of aromatic nitrogens is 2. The van der Waals surface area contributed by atoms with E-state index in [9.17, 15) is 19.2 Å². The maximum absolute atomic E-state index is 12.0. The first-order chi connectivity index (χ1) is 10.4. The number of fused-ring (bicyclic) bond motifs is 3. The minimum Gasteiger partial charge on any atom is -0.277 e. The second kappa shape index (κ2) is 3.79. The summed E-state index contributed by atoms with van der Waals surface area (Å²) in [4.78, 5) is 48.1. The van der Waals surface area contributed by atoms with Crippen molar-refractivity contribution in [3.05, 3.63) is 65.7 Å². The van der Waals surface area contributed by atoms with Crippen molar-refractivity contribution in [3.8, 4) is 0 Å². The molecule has 6 nitrogen and oxygen atoms in total. The van der Waals surface area contributed by atoms with Gasteiger partial charge in [0.1, 0.15) is 0 Å². The van der Waals surface area contributed by atoms with Gasteiger partial charge in [0, 0.05) is 14.1 Å². The highest BCUT2D eigenvalue weighted by atomic mass is 16.2. The van der Waals surface area contributed by atoms with E-state index in [4.69, 9.17) is 0 Å². The van der Waals surface area contributed by atoms with Crippen LogP contribution in [-0.4, -0.2) is 9.13 Å². The van der Waals surface area contributed by atoms with Crippen LogP contribution in [0.4, 0.5) is 0 Å². The van der Waals surface area contributed by atoms with Crippen molar-refractivity contribution >= 4 is 32.3 Å². The third-order valence-corrected chi connectivity index (χ3v) is 4.25. The average Bonchev–Trinajstić information content (AvgIpc) is 2.85. The normalized spacial score (nSPS) is 11.9. The SMILES string of the molecule is Cn1c(=O)c2cc3cc4c(=O)n(C)c(=O)c4cc3cc2c1=O. The van der Waals surface area contributed by atoms with Gasteiger partial charge >= 0.3 is 0 Å². The lowest BCUT2D eigenvalue weighted by atomic mass is 10.0. The lowest BCUT2D eigenvalue weighted by molar-refractivity contribution is 0.856. The fourth-order valence-corrected chi connectivity index (χ4v) is 2.96. The fourth-order valence-electron chi connectivity index (χ4n) is 2.96. The van der Waals surface area contributed by atoms with Gasteiger partial charge in [0.15, 0.2) is 0 Å². The van der Waals surface area contributed by atoms with E-state index in [1.54, 1.807) is 24.3 Å². The van der Waals surface area contributed by atoms with E-state index in [1.807, 2.05) is 0 Å². The van der Waals surface area contributed by atoms with E-state index in [-0.39, 0.29) is 22.2 Å². The molecule has 0 atom stereocenters. The molecule has 0 N–H and O–H groups in total. The van der Waals surface area contributed by atoms with Crippen LogP contribution < -0.4 is 22.2 Å². The van der Waals surface area contributed by atoms with Gasteiger partial charge in [-0.2, -0.15) is 0 Å². The summed E-state index contributed by atoms with van der Waals surface area (Å²) >= 11 is 0. The molecule has 0 aliphatic heterocycles. The summed E-state index contributed by atoms with van der Waals surface area (Å²) in [5.74, 6) is 0. The van der Waals surface area contributed by atoms with Gasteiger partial charge in [0.25, 0.3) is 22.2 Å². The first kappa shape index (κ1) is 12.7. The number of benzene rings is 2. The van der Waals surface area contributed by atoms with Gasteiger partial charge in [0.05, 0.1) is 21.5 Å². The fraction of sp³-hybridized carbons (Fsp3) is 0.125.